The van der Waals surface area contributed by atoms with Crippen molar-refractivity contribution >= 4 is 15.9 Å². The van der Waals surface area contributed by atoms with Gasteiger partial charge in [-0.3, -0.25) is 0 Å². The molecule has 0 amide bonds. The maximum absolute atomic E-state index is 3.51. The highest BCUT2D eigenvalue weighted by atomic mass is 79.9. The van der Waals surface area contributed by atoms with Gasteiger partial charge in [0, 0.05) is 23.1 Å². The van der Waals surface area contributed by atoms with Gasteiger partial charge in [-0.15, -0.1) is 0 Å². The number of hydrogen-bond donors (Lipinski definition) is 1. The monoisotopic (exact) mass is 352 g/mol. The standard InChI is InChI=1S/C18H29BrN2/c1-14(2)10-12-21(17-8-9-17)13-11-18(20-3)15-4-6-16(19)7-5-15/h4-7,14,17-18,20H,8-13H2,1-3H3. The van der Waals surface area contributed by atoms with Crippen LogP contribution in [0.15, 0.2) is 28.7 Å². The van der Waals surface area contributed by atoms with E-state index in [-0.39, 0.29) is 0 Å². The third kappa shape index (κ3) is 5.72. The Bertz CT molecular complexity index is 412. The predicted octanol–water partition coefficient (Wildman–Crippen LogP) is 4.61. The van der Waals surface area contributed by atoms with Crippen molar-refractivity contribution in [1.82, 2.24) is 10.2 Å². The molecule has 0 saturated heterocycles. The van der Waals surface area contributed by atoms with Crippen molar-refractivity contribution in [3.8, 4) is 0 Å². The lowest BCUT2D eigenvalue weighted by Crippen LogP contribution is -2.31. The molecule has 1 aromatic carbocycles. The number of halogens is 1. The van der Waals surface area contributed by atoms with Crippen LogP contribution in [0.1, 0.15) is 51.1 Å². The summed E-state index contributed by atoms with van der Waals surface area (Å²) >= 11 is 3.51. The molecule has 1 aliphatic carbocycles. The molecule has 1 saturated carbocycles. The number of rotatable bonds is 9. The van der Waals surface area contributed by atoms with Gasteiger partial charge in [0.25, 0.3) is 0 Å². The minimum Gasteiger partial charge on any atom is -0.313 e. The Morgan fingerprint density at radius 3 is 2.29 bits per heavy atom. The fourth-order valence-electron chi connectivity index (χ4n) is 2.81. The first-order valence-electron chi connectivity index (χ1n) is 8.27. The lowest BCUT2D eigenvalue weighted by atomic mass is 10.0. The second-order valence-electron chi connectivity index (χ2n) is 6.63. The van der Waals surface area contributed by atoms with Gasteiger partial charge in [0.05, 0.1) is 0 Å². The molecular formula is C18H29BrN2. The zero-order valence-electron chi connectivity index (χ0n) is 13.6. The Labute approximate surface area is 138 Å². The van der Waals surface area contributed by atoms with Crippen molar-refractivity contribution in [1.29, 1.82) is 0 Å². The molecule has 2 rings (SSSR count). The highest BCUT2D eigenvalue weighted by Crippen LogP contribution is 2.29. The van der Waals surface area contributed by atoms with Crippen LogP contribution >= 0.6 is 15.9 Å². The molecule has 0 aromatic heterocycles. The molecule has 3 heteroatoms. The van der Waals surface area contributed by atoms with Crippen molar-refractivity contribution < 1.29 is 0 Å². The van der Waals surface area contributed by atoms with Crippen molar-refractivity contribution in [2.24, 2.45) is 5.92 Å². The fourth-order valence-corrected chi connectivity index (χ4v) is 3.07. The summed E-state index contributed by atoms with van der Waals surface area (Å²) in [6.07, 6.45) is 5.31. The lowest BCUT2D eigenvalue weighted by molar-refractivity contribution is 0.235. The van der Waals surface area contributed by atoms with Gasteiger partial charge in [0.15, 0.2) is 0 Å². The molecule has 0 radical (unpaired) electrons. The number of benzene rings is 1. The van der Waals surface area contributed by atoms with Crippen LogP contribution in [-0.4, -0.2) is 31.1 Å². The van der Waals surface area contributed by atoms with Crippen molar-refractivity contribution in [2.75, 3.05) is 20.1 Å². The van der Waals surface area contributed by atoms with E-state index in [1.54, 1.807) is 0 Å². The zero-order chi connectivity index (χ0) is 15.2. The third-order valence-electron chi connectivity index (χ3n) is 4.38. The summed E-state index contributed by atoms with van der Waals surface area (Å²) in [6, 6.07) is 10.0. The Kier molecular flexibility index (Phi) is 6.72. The van der Waals surface area contributed by atoms with Gasteiger partial charge in [0.2, 0.25) is 0 Å². The Morgan fingerprint density at radius 2 is 1.76 bits per heavy atom. The van der Waals surface area contributed by atoms with E-state index in [9.17, 15) is 0 Å². The second-order valence-corrected chi connectivity index (χ2v) is 7.55. The molecule has 2 nitrogen and oxygen atoms in total. The fraction of sp³-hybridized carbons (Fsp3) is 0.667. The topological polar surface area (TPSA) is 15.3 Å². The molecule has 0 spiro atoms. The minimum atomic E-state index is 0.457. The quantitative estimate of drug-likeness (QED) is 0.697. The van der Waals surface area contributed by atoms with Crippen LogP contribution in [0.25, 0.3) is 0 Å². The summed E-state index contributed by atoms with van der Waals surface area (Å²) in [6.45, 7) is 7.12. The van der Waals surface area contributed by atoms with E-state index in [2.05, 4.69) is 71.3 Å². The Balaban J connectivity index is 1.86. The molecule has 1 aromatic rings. The van der Waals surface area contributed by atoms with Crippen molar-refractivity contribution in [3.63, 3.8) is 0 Å². The Morgan fingerprint density at radius 1 is 1.14 bits per heavy atom. The van der Waals surface area contributed by atoms with Crippen LogP contribution in [0.4, 0.5) is 0 Å². The van der Waals surface area contributed by atoms with Crippen LogP contribution in [-0.2, 0) is 0 Å². The normalized spacial score (nSPS) is 16.7. The molecule has 1 unspecified atom stereocenters. The van der Waals surface area contributed by atoms with Gasteiger partial charge in [-0.1, -0.05) is 41.9 Å². The van der Waals surface area contributed by atoms with Crippen LogP contribution in [0.5, 0.6) is 0 Å². The molecule has 0 bridgehead atoms. The SMILES string of the molecule is CNC(CCN(CCC(C)C)C1CC1)c1ccc(Br)cc1. The van der Waals surface area contributed by atoms with E-state index < -0.39 is 0 Å². The summed E-state index contributed by atoms with van der Waals surface area (Å²) in [5, 5.41) is 3.48. The Hall–Kier alpha value is -0.380. The van der Waals surface area contributed by atoms with Gasteiger partial charge >= 0.3 is 0 Å². The number of nitrogens with zero attached hydrogens (tertiary/aromatic N) is 1. The highest BCUT2D eigenvalue weighted by molar-refractivity contribution is 9.10. The molecule has 1 aliphatic rings. The van der Waals surface area contributed by atoms with E-state index in [0.717, 1.165) is 16.4 Å². The first kappa shape index (κ1) is 17.0. The number of hydrogen-bond acceptors (Lipinski definition) is 2. The smallest absolute Gasteiger partial charge is 0.0329 e. The average molecular weight is 353 g/mol. The van der Waals surface area contributed by atoms with Crippen LogP contribution in [0.3, 0.4) is 0 Å². The average Bonchev–Trinajstić information content (AvgIpc) is 3.28. The molecule has 21 heavy (non-hydrogen) atoms. The minimum absolute atomic E-state index is 0.457. The van der Waals surface area contributed by atoms with Gasteiger partial charge in [-0.2, -0.15) is 0 Å². The maximum atomic E-state index is 3.51. The molecule has 0 heterocycles. The molecular weight excluding hydrogens is 324 g/mol. The lowest BCUT2D eigenvalue weighted by Gasteiger charge is -2.26. The largest absolute Gasteiger partial charge is 0.313 e. The van der Waals surface area contributed by atoms with Crippen molar-refractivity contribution in [3.05, 3.63) is 34.3 Å². The number of nitrogens with one attached hydrogen (secondary N) is 1. The molecule has 1 fully saturated rings. The van der Waals surface area contributed by atoms with E-state index in [1.165, 1.54) is 44.3 Å². The summed E-state index contributed by atoms with van der Waals surface area (Å²) in [7, 11) is 2.07. The highest BCUT2D eigenvalue weighted by Gasteiger charge is 2.28. The van der Waals surface area contributed by atoms with Gasteiger partial charge in [-0.25, -0.2) is 0 Å². The van der Waals surface area contributed by atoms with E-state index >= 15 is 0 Å². The second kappa shape index (κ2) is 8.30. The maximum Gasteiger partial charge on any atom is 0.0329 e. The first-order chi connectivity index (χ1) is 10.1. The van der Waals surface area contributed by atoms with Crippen LogP contribution in [0.2, 0.25) is 0 Å². The molecule has 0 aliphatic heterocycles. The van der Waals surface area contributed by atoms with Gasteiger partial charge in [-0.05, 0) is 62.9 Å². The summed E-state index contributed by atoms with van der Waals surface area (Å²) < 4.78 is 1.15. The zero-order valence-corrected chi connectivity index (χ0v) is 15.2. The van der Waals surface area contributed by atoms with Gasteiger partial charge in [0.1, 0.15) is 0 Å². The predicted molar refractivity (Wildman–Crippen MR) is 94.6 cm³/mol. The molecule has 118 valence electrons. The summed E-state index contributed by atoms with van der Waals surface area (Å²) in [5.74, 6) is 0.804. The summed E-state index contributed by atoms with van der Waals surface area (Å²) in [4.78, 5) is 2.71. The van der Waals surface area contributed by atoms with E-state index in [4.69, 9.17) is 0 Å². The van der Waals surface area contributed by atoms with Crippen LogP contribution < -0.4 is 5.32 Å². The molecule has 1 N–H and O–H groups in total. The van der Waals surface area contributed by atoms with E-state index in [1.807, 2.05) is 0 Å². The van der Waals surface area contributed by atoms with E-state index in [0.29, 0.717) is 6.04 Å². The molecule has 1 atom stereocenters. The first-order valence-corrected chi connectivity index (χ1v) is 9.06. The third-order valence-corrected chi connectivity index (χ3v) is 4.91. The van der Waals surface area contributed by atoms with Crippen LogP contribution in [0, 0.1) is 5.92 Å². The summed E-state index contributed by atoms with van der Waals surface area (Å²) in [5.41, 5.74) is 1.39. The van der Waals surface area contributed by atoms with Gasteiger partial charge < -0.3 is 10.2 Å². The van der Waals surface area contributed by atoms with Crippen molar-refractivity contribution in [2.45, 2.75) is 51.6 Å².